The normalized spacial score (nSPS) is 31.4. The van der Waals surface area contributed by atoms with E-state index in [1.807, 2.05) is 0 Å². The van der Waals surface area contributed by atoms with Crippen molar-refractivity contribution >= 4 is 5.91 Å². The monoisotopic (exact) mass is 252 g/mol. The van der Waals surface area contributed by atoms with Crippen LogP contribution in [0.3, 0.4) is 0 Å². The Balaban J connectivity index is 1.81. The lowest BCUT2D eigenvalue weighted by Gasteiger charge is -2.31. The second-order valence-electron chi connectivity index (χ2n) is 6.11. The van der Waals surface area contributed by atoms with Gasteiger partial charge in [0.25, 0.3) is 0 Å². The van der Waals surface area contributed by atoms with E-state index in [-0.39, 0.29) is 23.9 Å². The van der Waals surface area contributed by atoms with Crippen LogP contribution >= 0.6 is 0 Å². The fourth-order valence-electron chi connectivity index (χ4n) is 3.36. The van der Waals surface area contributed by atoms with E-state index < -0.39 is 0 Å². The minimum Gasteiger partial charge on any atom is -0.352 e. The Morgan fingerprint density at radius 3 is 2.06 bits per heavy atom. The van der Waals surface area contributed by atoms with Crippen molar-refractivity contribution in [2.75, 3.05) is 0 Å². The zero-order valence-electron chi connectivity index (χ0n) is 11.5. The third kappa shape index (κ3) is 3.98. The Morgan fingerprint density at radius 2 is 1.39 bits per heavy atom. The Kier molecular flexibility index (Phi) is 5.48. The standard InChI is InChI=1S/C15H28N2O/c16-13-10-6-7-11-14(13)17-15(18)12-8-4-2-1-3-5-9-12/h12-14H,1-11,16H2,(H,17,18)/t13-,14-/m1/s1. The first-order chi connectivity index (χ1) is 8.77. The van der Waals surface area contributed by atoms with Gasteiger partial charge in [-0.2, -0.15) is 0 Å². The third-order valence-corrected chi connectivity index (χ3v) is 4.62. The van der Waals surface area contributed by atoms with E-state index in [1.54, 1.807) is 0 Å². The molecule has 0 radical (unpaired) electrons. The van der Waals surface area contributed by atoms with Gasteiger partial charge in [0.15, 0.2) is 0 Å². The summed E-state index contributed by atoms with van der Waals surface area (Å²) in [6, 6.07) is 0.410. The van der Waals surface area contributed by atoms with E-state index in [2.05, 4.69) is 5.32 Å². The topological polar surface area (TPSA) is 55.1 Å². The molecule has 2 fully saturated rings. The highest BCUT2D eigenvalue weighted by Gasteiger charge is 2.26. The van der Waals surface area contributed by atoms with Crippen LogP contribution in [0.15, 0.2) is 0 Å². The molecule has 0 aromatic heterocycles. The van der Waals surface area contributed by atoms with Crippen LogP contribution in [-0.4, -0.2) is 18.0 Å². The van der Waals surface area contributed by atoms with Crippen LogP contribution in [0.2, 0.25) is 0 Å². The van der Waals surface area contributed by atoms with Crippen LogP contribution in [0, 0.1) is 5.92 Å². The highest BCUT2D eigenvalue weighted by atomic mass is 16.1. The quantitative estimate of drug-likeness (QED) is 0.794. The van der Waals surface area contributed by atoms with Crippen LogP contribution in [0.25, 0.3) is 0 Å². The number of hydrogen-bond donors (Lipinski definition) is 2. The van der Waals surface area contributed by atoms with E-state index in [4.69, 9.17) is 5.73 Å². The van der Waals surface area contributed by atoms with Crippen molar-refractivity contribution < 1.29 is 4.79 Å². The average molecular weight is 252 g/mol. The van der Waals surface area contributed by atoms with Gasteiger partial charge in [0.05, 0.1) is 0 Å². The predicted molar refractivity (Wildman–Crippen MR) is 74.2 cm³/mol. The van der Waals surface area contributed by atoms with Gasteiger partial charge in [0, 0.05) is 18.0 Å². The fraction of sp³-hybridized carbons (Fsp3) is 0.933. The molecule has 2 rings (SSSR count). The van der Waals surface area contributed by atoms with E-state index in [0.717, 1.165) is 25.7 Å². The number of rotatable bonds is 2. The fourth-order valence-corrected chi connectivity index (χ4v) is 3.36. The molecule has 0 heterocycles. The molecule has 2 aliphatic carbocycles. The first-order valence-corrected chi connectivity index (χ1v) is 7.83. The van der Waals surface area contributed by atoms with Crippen LogP contribution in [-0.2, 0) is 4.79 Å². The Labute approximate surface area is 111 Å². The first-order valence-electron chi connectivity index (χ1n) is 7.83. The molecule has 2 atom stereocenters. The summed E-state index contributed by atoms with van der Waals surface area (Å²) in [7, 11) is 0. The molecule has 0 unspecified atom stereocenters. The number of nitrogens with two attached hydrogens (primary N) is 1. The molecule has 3 N–H and O–H groups in total. The van der Waals surface area contributed by atoms with Gasteiger partial charge in [-0.05, 0) is 25.7 Å². The first kappa shape index (κ1) is 13.9. The maximum Gasteiger partial charge on any atom is 0.223 e. The van der Waals surface area contributed by atoms with Crippen molar-refractivity contribution in [3.05, 3.63) is 0 Å². The number of amides is 1. The molecular formula is C15H28N2O. The molecule has 18 heavy (non-hydrogen) atoms. The average Bonchev–Trinajstić information content (AvgIpc) is 2.31. The summed E-state index contributed by atoms with van der Waals surface area (Å²) in [6.45, 7) is 0. The molecule has 3 nitrogen and oxygen atoms in total. The molecule has 0 aromatic carbocycles. The molecule has 0 aromatic rings. The highest BCUT2D eigenvalue weighted by molar-refractivity contribution is 5.79. The van der Waals surface area contributed by atoms with Crippen LogP contribution < -0.4 is 11.1 Å². The van der Waals surface area contributed by atoms with Crippen molar-refractivity contribution in [1.29, 1.82) is 0 Å². The minimum atomic E-state index is 0.177. The Morgan fingerprint density at radius 1 is 0.833 bits per heavy atom. The molecule has 104 valence electrons. The number of nitrogens with one attached hydrogen (secondary N) is 1. The Hall–Kier alpha value is -0.570. The summed E-state index contributed by atoms with van der Waals surface area (Å²) in [5.41, 5.74) is 6.10. The van der Waals surface area contributed by atoms with Gasteiger partial charge in [0.2, 0.25) is 5.91 Å². The summed E-state index contributed by atoms with van der Waals surface area (Å²) in [5.74, 6) is 0.527. The molecule has 3 heteroatoms. The smallest absolute Gasteiger partial charge is 0.223 e. The maximum absolute atomic E-state index is 12.3. The van der Waals surface area contributed by atoms with Gasteiger partial charge in [0.1, 0.15) is 0 Å². The van der Waals surface area contributed by atoms with Gasteiger partial charge in [-0.15, -0.1) is 0 Å². The lowest BCUT2D eigenvalue weighted by atomic mass is 9.88. The van der Waals surface area contributed by atoms with Gasteiger partial charge < -0.3 is 11.1 Å². The molecule has 2 aliphatic rings. The van der Waals surface area contributed by atoms with E-state index >= 15 is 0 Å². The van der Waals surface area contributed by atoms with Crippen molar-refractivity contribution in [3.63, 3.8) is 0 Å². The van der Waals surface area contributed by atoms with Crippen LogP contribution in [0.4, 0.5) is 0 Å². The van der Waals surface area contributed by atoms with Crippen molar-refractivity contribution in [3.8, 4) is 0 Å². The molecule has 0 saturated heterocycles. The van der Waals surface area contributed by atoms with Crippen LogP contribution in [0.5, 0.6) is 0 Å². The van der Waals surface area contributed by atoms with Gasteiger partial charge in [-0.3, -0.25) is 4.79 Å². The lowest BCUT2D eigenvalue weighted by Crippen LogP contribution is -2.50. The molecular weight excluding hydrogens is 224 g/mol. The molecule has 1 amide bonds. The third-order valence-electron chi connectivity index (χ3n) is 4.62. The van der Waals surface area contributed by atoms with Gasteiger partial charge in [-0.1, -0.05) is 44.9 Å². The summed E-state index contributed by atoms with van der Waals surface area (Å²) < 4.78 is 0. The van der Waals surface area contributed by atoms with Crippen molar-refractivity contribution in [1.82, 2.24) is 5.32 Å². The van der Waals surface area contributed by atoms with Gasteiger partial charge >= 0.3 is 0 Å². The second-order valence-corrected chi connectivity index (χ2v) is 6.11. The van der Waals surface area contributed by atoms with E-state index in [1.165, 1.54) is 44.9 Å². The van der Waals surface area contributed by atoms with E-state index in [0.29, 0.717) is 0 Å². The number of hydrogen-bond acceptors (Lipinski definition) is 2. The molecule has 0 spiro atoms. The maximum atomic E-state index is 12.3. The Bertz CT molecular complexity index is 259. The second kappa shape index (κ2) is 7.13. The predicted octanol–water partition coefficient (Wildman–Crippen LogP) is 2.73. The summed E-state index contributed by atoms with van der Waals surface area (Å²) in [5, 5.41) is 3.22. The zero-order chi connectivity index (χ0) is 12.8. The van der Waals surface area contributed by atoms with Crippen molar-refractivity contribution in [2.24, 2.45) is 11.7 Å². The molecule has 2 saturated carbocycles. The largest absolute Gasteiger partial charge is 0.352 e. The molecule has 0 aliphatic heterocycles. The number of carbonyl (C=O) groups is 1. The van der Waals surface area contributed by atoms with Gasteiger partial charge in [-0.25, -0.2) is 0 Å². The van der Waals surface area contributed by atoms with Crippen molar-refractivity contribution in [2.45, 2.75) is 82.7 Å². The van der Waals surface area contributed by atoms with E-state index in [9.17, 15) is 4.79 Å². The highest BCUT2D eigenvalue weighted by Crippen LogP contribution is 2.23. The zero-order valence-corrected chi connectivity index (χ0v) is 11.5. The number of carbonyl (C=O) groups excluding carboxylic acids is 1. The summed E-state index contributed by atoms with van der Waals surface area (Å²) >= 11 is 0. The lowest BCUT2D eigenvalue weighted by molar-refractivity contribution is -0.126. The minimum absolute atomic E-state index is 0.177. The SMILES string of the molecule is N[C@@H]1CCCC[C@H]1NC(=O)C1CCCCCCC1. The summed E-state index contributed by atoms with van der Waals surface area (Å²) in [6.07, 6.45) is 13.1. The molecule has 0 bridgehead atoms. The summed E-state index contributed by atoms with van der Waals surface area (Å²) in [4.78, 5) is 12.3. The van der Waals surface area contributed by atoms with Crippen LogP contribution in [0.1, 0.15) is 70.6 Å².